The van der Waals surface area contributed by atoms with E-state index < -0.39 is 5.97 Å². The van der Waals surface area contributed by atoms with E-state index in [2.05, 4.69) is 25.7 Å². The Morgan fingerprint density at radius 2 is 1.29 bits per heavy atom. The SMILES string of the molecule is CC(C)(C)N(CC(=O)O)C1CCCCCCCCCCC1. The van der Waals surface area contributed by atoms with Crippen molar-refractivity contribution >= 4 is 5.97 Å². The van der Waals surface area contributed by atoms with Crippen LogP contribution in [0.25, 0.3) is 0 Å². The van der Waals surface area contributed by atoms with Gasteiger partial charge in [-0.15, -0.1) is 0 Å². The van der Waals surface area contributed by atoms with Crippen molar-refractivity contribution in [2.45, 2.75) is 103 Å². The number of aliphatic carboxylic acids is 1. The van der Waals surface area contributed by atoms with Crippen LogP contribution in [0.5, 0.6) is 0 Å². The van der Waals surface area contributed by atoms with Crippen LogP contribution < -0.4 is 0 Å². The molecule has 1 aliphatic rings. The summed E-state index contributed by atoms with van der Waals surface area (Å²) in [6.45, 7) is 6.61. The molecule has 1 fully saturated rings. The summed E-state index contributed by atoms with van der Waals surface area (Å²) in [5.74, 6) is -0.698. The predicted octanol–water partition coefficient (Wildman–Crippen LogP) is 4.84. The van der Waals surface area contributed by atoms with Gasteiger partial charge in [-0.25, -0.2) is 0 Å². The van der Waals surface area contributed by atoms with E-state index in [-0.39, 0.29) is 12.1 Å². The first-order valence-electron chi connectivity index (χ1n) is 8.90. The summed E-state index contributed by atoms with van der Waals surface area (Å²) in [4.78, 5) is 13.5. The third-order valence-electron chi connectivity index (χ3n) is 4.68. The largest absolute Gasteiger partial charge is 0.480 e. The van der Waals surface area contributed by atoms with E-state index in [4.69, 9.17) is 0 Å². The van der Waals surface area contributed by atoms with E-state index in [0.717, 1.165) is 12.8 Å². The summed E-state index contributed by atoms with van der Waals surface area (Å²) < 4.78 is 0. The maximum Gasteiger partial charge on any atom is 0.317 e. The van der Waals surface area contributed by atoms with Crippen LogP contribution in [-0.4, -0.2) is 34.1 Å². The van der Waals surface area contributed by atoms with Crippen molar-refractivity contribution in [2.75, 3.05) is 6.54 Å². The normalized spacial score (nSPS) is 20.8. The number of carbonyl (C=O) groups is 1. The number of carboxylic acids is 1. The summed E-state index contributed by atoms with van der Waals surface area (Å²) >= 11 is 0. The Morgan fingerprint density at radius 3 is 1.62 bits per heavy atom. The Hall–Kier alpha value is -0.570. The van der Waals surface area contributed by atoms with Crippen LogP contribution in [-0.2, 0) is 4.79 Å². The zero-order valence-corrected chi connectivity index (χ0v) is 14.4. The third kappa shape index (κ3) is 7.85. The van der Waals surface area contributed by atoms with Crippen LogP contribution in [0.3, 0.4) is 0 Å². The van der Waals surface area contributed by atoms with Crippen LogP contribution in [0.15, 0.2) is 0 Å². The molecular formula is C18H35NO2. The zero-order valence-electron chi connectivity index (χ0n) is 14.4. The molecule has 0 amide bonds. The molecule has 0 aliphatic heterocycles. The molecule has 0 atom stereocenters. The van der Waals surface area contributed by atoms with Gasteiger partial charge in [0.25, 0.3) is 0 Å². The highest BCUT2D eigenvalue weighted by molar-refractivity contribution is 5.69. The van der Waals surface area contributed by atoms with Gasteiger partial charge in [0.15, 0.2) is 0 Å². The summed E-state index contributed by atoms with van der Waals surface area (Å²) in [5.41, 5.74) is -0.0693. The minimum Gasteiger partial charge on any atom is -0.480 e. The standard InChI is InChI=1S/C18H35NO2/c1-18(2,3)19(15-17(20)21)16-13-11-9-7-5-4-6-8-10-12-14-16/h16H,4-15H2,1-3H3,(H,20,21). The quantitative estimate of drug-likeness (QED) is 0.810. The monoisotopic (exact) mass is 297 g/mol. The minimum absolute atomic E-state index is 0.0693. The molecule has 0 unspecified atom stereocenters. The first-order valence-corrected chi connectivity index (χ1v) is 8.90. The Labute approximate surface area is 131 Å². The van der Waals surface area contributed by atoms with Crippen LogP contribution in [0.1, 0.15) is 91.4 Å². The highest BCUT2D eigenvalue weighted by Crippen LogP contribution is 2.25. The summed E-state index contributed by atoms with van der Waals surface area (Å²) in [6, 6.07) is 0.431. The fourth-order valence-electron chi connectivity index (χ4n) is 3.51. The molecule has 0 bridgehead atoms. The lowest BCUT2D eigenvalue weighted by atomic mass is 9.93. The Kier molecular flexibility index (Phi) is 8.31. The van der Waals surface area contributed by atoms with Gasteiger partial charge in [0.05, 0.1) is 6.54 Å². The summed E-state index contributed by atoms with van der Waals surface area (Å²) in [6.07, 6.45) is 14.3. The molecule has 1 N–H and O–H groups in total. The van der Waals surface area contributed by atoms with Crippen molar-refractivity contribution < 1.29 is 9.90 Å². The summed E-state index contributed by atoms with van der Waals surface area (Å²) in [7, 11) is 0. The molecular weight excluding hydrogens is 262 g/mol. The smallest absolute Gasteiger partial charge is 0.317 e. The molecule has 0 radical (unpaired) electrons. The van der Waals surface area contributed by atoms with Crippen LogP contribution in [0, 0.1) is 0 Å². The maximum atomic E-state index is 11.2. The van der Waals surface area contributed by atoms with Crippen LogP contribution in [0.4, 0.5) is 0 Å². The first kappa shape index (κ1) is 18.5. The van der Waals surface area contributed by atoms with Gasteiger partial charge in [-0.1, -0.05) is 57.8 Å². The fourth-order valence-corrected chi connectivity index (χ4v) is 3.51. The zero-order chi connectivity index (χ0) is 15.7. The molecule has 0 heterocycles. The fraction of sp³-hybridized carbons (Fsp3) is 0.944. The molecule has 3 heteroatoms. The molecule has 0 aromatic rings. The van der Waals surface area contributed by atoms with Gasteiger partial charge in [0, 0.05) is 11.6 Å². The number of hydrogen-bond acceptors (Lipinski definition) is 2. The number of nitrogens with zero attached hydrogens (tertiary/aromatic N) is 1. The van der Waals surface area contributed by atoms with Crippen molar-refractivity contribution in [2.24, 2.45) is 0 Å². The molecule has 1 aliphatic carbocycles. The molecule has 0 spiro atoms. The lowest BCUT2D eigenvalue weighted by Gasteiger charge is -2.41. The minimum atomic E-state index is -0.698. The van der Waals surface area contributed by atoms with E-state index >= 15 is 0 Å². The first-order chi connectivity index (χ1) is 9.91. The second kappa shape index (κ2) is 9.45. The summed E-state index contributed by atoms with van der Waals surface area (Å²) in [5, 5.41) is 9.24. The highest BCUT2D eigenvalue weighted by atomic mass is 16.4. The molecule has 0 aromatic heterocycles. The molecule has 0 saturated heterocycles. The van der Waals surface area contributed by atoms with Crippen molar-refractivity contribution in [3.05, 3.63) is 0 Å². The van der Waals surface area contributed by atoms with Gasteiger partial charge in [-0.2, -0.15) is 0 Å². The van der Waals surface area contributed by atoms with Gasteiger partial charge in [0.1, 0.15) is 0 Å². The third-order valence-corrected chi connectivity index (χ3v) is 4.68. The molecule has 1 saturated carbocycles. The highest BCUT2D eigenvalue weighted by Gasteiger charge is 2.30. The number of rotatable bonds is 3. The van der Waals surface area contributed by atoms with Crippen molar-refractivity contribution in [1.29, 1.82) is 0 Å². The van der Waals surface area contributed by atoms with Gasteiger partial charge >= 0.3 is 5.97 Å². The average Bonchev–Trinajstić information content (AvgIpc) is 2.36. The van der Waals surface area contributed by atoms with Crippen LogP contribution in [0.2, 0.25) is 0 Å². The Balaban J connectivity index is 2.67. The van der Waals surface area contributed by atoms with E-state index in [1.165, 1.54) is 57.8 Å². The van der Waals surface area contributed by atoms with E-state index in [9.17, 15) is 9.90 Å². The van der Waals surface area contributed by atoms with Crippen molar-refractivity contribution in [3.63, 3.8) is 0 Å². The lowest BCUT2D eigenvalue weighted by Crippen LogP contribution is -2.50. The molecule has 0 aromatic carbocycles. The lowest BCUT2D eigenvalue weighted by molar-refractivity contribution is -0.140. The van der Waals surface area contributed by atoms with Crippen molar-refractivity contribution in [3.8, 4) is 0 Å². The van der Waals surface area contributed by atoms with E-state index in [1.807, 2.05) is 0 Å². The van der Waals surface area contributed by atoms with E-state index in [0.29, 0.717) is 6.04 Å². The molecule has 3 nitrogen and oxygen atoms in total. The number of carboxylic acid groups (broad SMARTS) is 1. The molecule has 1 rings (SSSR count). The van der Waals surface area contributed by atoms with Gasteiger partial charge < -0.3 is 5.11 Å². The number of hydrogen-bond donors (Lipinski definition) is 1. The second-order valence-electron chi connectivity index (χ2n) is 7.61. The van der Waals surface area contributed by atoms with Gasteiger partial charge in [-0.3, -0.25) is 9.69 Å². The molecule has 21 heavy (non-hydrogen) atoms. The van der Waals surface area contributed by atoms with Gasteiger partial charge in [0.2, 0.25) is 0 Å². The maximum absolute atomic E-state index is 11.2. The second-order valence-corrected chi connectivity index (χ2v) is 7.61. The molecule has 124 valence electrons. The predicted molar refractivity (Wildman–Crippen MR) is 88.7 cm³/mol. The average molecular weight is 297 g/mol. The Bertz CT molecular complexity index is 284. The van der Waals surface area contributed by atoms with Crippen LogP contribution >= 0.6 is 0 Å². The van der Waals surface area contributed by atoms with Gasteiger partial charge in [-0.05, 0) is 33.6 Å². The van der Waals surface area contributed by atoms with Crippen molar-refractivity contribution in [1.82, 2.24) is 4.90 Å². The van der Waals surface area contributed by atoms with E-state index in [1.54, 1.807) is 0 Å². The Morgan fingerprint density at radius 1 is 0.905 bits per heavy atom. The topological polar surface area (TPSA) is 40.5 Å².